The van der Waals surface area contributed by atoms with E-state index in [4.69, 9.17) is 18.4 Å². The van der Waals surface area contributed by atoms with Crippen LogP contribution in [0.4, 0.5) is 0 Å². The van der Waals surface area contributed by atoms with Gasteiger partial charge in [0.05, 0.1) is 31.3 Å². The molecule has 1 rings (SSSR count). The fraction of sp³-hybridized carbons (Fsp3) is 0.632. The summed E-state index contributed by atoms with van der Waals surface area (Å²) < 4.78 is 44.6. The lowest BCUT2D eigenvalue weighted by atomic mass is 10.2. The van der Waals surface area contributed by atoms with Gasteiger partial charge in [-0.05, 0) is 46.2 Å². The van der Waals surface area contributed by atoms with Crippen molar-refractivity contribution < 1.29 is 31.6 Å². The number of hydrogen-bond donors (Lipinski definition) is 0. The van der Waals surface area contributed by atoms with Crippen LogP contribution >= 0.6 is 0 Å². The molecule has 8 heteroatoms. The van der Waals surface area contributed by atoms with Crippen LogP contribution < -0.4 is 0 Å². The first-order valence-electron chi connectivity index (χ1n) is 8.93. The van der Waals surface area contributed by atoms with Gasteiger partial charge in [0, 0.05) is 13.0 Å². The molecule has 0 unspecified atom stereocenters. The van der Waals surface area contributed by atoms with Crippen LogP contribution in [0.25, 0.3) is 0 Å². The van der Waals surface area contributed by atoms with E-state index in [-0.39, 0.29) is 24.1 Å². The molecule has 0 fully saturated rings. The third-order valence-electron chi connectivity index (χ3n) is 3.24. The van der Waals surface area contributed by atoms with E-state index >= 15 is 0 Å². The van der Waals surface area contributed by atoms with Crippen LogP contribution in [0, 0.1) is 6.92 Å². The Morgan fingerprint density at radius 2 is 1.48 bits per heavy atom. The summed E-state index contributed by atoms with van der Waals surface area (Å²) in [6.45, 7) is 8.56. The van der Waals surface area contributed by atoms with Crippen molar-refractivity contribution in [1.82, 2.24) is 0 Å². The van der Waals surface area contributed by atoms with E-state index in [1.54, 1.807) is 12.1 Å². The van der Waals surface area contributed by atoms with Gasteiger partial charge in [-0.25, -0.2) is 0 Å². The first-order valence-corrected chi connectivity index (χ1v) is 10.3. The quantitative estimate of drug-likeness (QED) is 0.302. The standard InChI is InChI=1S/C19H30O7S/c1-16-7-9-17(10-8-16)27(21,22)25-15-14-24-13-12-23-11-5-6-18(20)26-19(2,3)4/h7-10H,5-6,11-15H2,1-4H3. The summed E-state index contributed by atoms with van der Waals surface area (Å²) in [6, 6.07) is 6.45. The molecule has 0 amide bonds. The summed E-state index contributed by atoms with van der Waals surface area (Å²) >= 11 is 0. The zero-order valence-corrected chi connectivity index (χ0v) is 17.3. The van der Waals surface area contributed by atoms with Crippen LogP contribution in [-0.2, 0) is 33.3 Å². The van der Waals surface area contributed by atoms with Gasteiger partial charge in [0.15, 0.2) is 0 Å². The molecule has 0 heterocycles. The number of hydrogen-bond acceptors (Lipinski definition) is 7. The lowest BCUT2D eigenvalue weighted by Crippen LogP contribution is -2.23. The van der Waals surface area contributed by atoms with Crippen molar-refractivity contribution in [2.75, 3.05) is 33.0 Å². The smallest absolute Gasteiger partial charge is 0.306 e. The molecule has 0 aromatic heterocycles. The molecule has 0 spiro atoms. The molecule has 0 radical (unpaired) electrons. The Morgan fingerprint density at radius 1 is 0.926 bits per heavy atom. The van der Waals surface area contributed by atoms with Crippen molar-refractivity contribution in [1.29, 1.82) is 0 Å². The summed E-state index contributed by atoms with van der Waals surface area (Å²) in [6.07, 6.45) is 0.885. The molecule has 0 N–H and O–H groups in total. The van der Waals surface area contributed by atoms with Gasteiger partial charge in [0.25, 0.3) is 10.1 Å². The molecule has 0 aliphatic heterocycles. The average Bonchev–Trinajstić information content (AvgIpc) is 2.55. The number of benzene rings is 1. The lowest BCUT2D eigenvalue weighted by Gasteiger charge is -2.19. The molecule has 1 aromatic carbocycles. The van der Waals surface area contributed by atoms with Gasteiger partial charge in [0.1, 0.15) is 5.60 Å². The van der Waals surface area contributed by atoms with Crippen LogP contribution in [0.2, 0.25) is 0 Å². The van der Waals surface area contributed by atoms with Crippen molar-refractivity contribution in [2.45, 2.75) is 51.0 Å². The molecule has 0 saturated heterocycles. The van der Waals surface area contributed by atoms with Crippen molar-refractivity contribution >= 4 is 16.1 Å². The maximum Gasteiger partial charge on any atom is 0.306 e. The minimum atomic E-state index is -3.76. The molecule has 0 bridgehead atoms. The highest BCUT2D eigenvalue weighted by Gasteiger charge is 2.16. The predicted octanol–water partition coefficient (Wildman–Crippen LogP) is 2.86. The molecule has 7 nitrogen and oxygen atoms in total. The van der Waals surface area contributed by atoms with E-state index < -0.39 is 15.7 Å². The Kier molecular flexibility index (Phi) is 9.93. The van der Waals surface area contributed by atoms with Gasteiger partial charge in [-0.1, -0.05) is 17.7 Å². The van der Waals surface area contributed by atoms with E-state index in [2.05, 4.69) is 0 Å². The third-order valence-corrected chi connectivity index (χ3v) is 4.56. The number of aryl methyl sites for hydroxylation is 1. The predicted molar refractivity (Wildman–Crippen MR) is 101 cm³/mol. The normalized spacial score (nSPS) is 12.1. The van der Waals surface area contributed by atoms with Crippen LogP contribution in [0.1, 0.15) is 39.2 Å². The second-order valence-electron chi connectivity index (χ2n) is 7.00. The Bertz CT molecular complexity index is 660. The molecular formula is C19H30O7S. The highest BCUT2D eigenvalue weighted by Crippen LogP contribution is 2.13. The number of ether oxygens (including phenoxy) is 3. The molecule has 0 aliphatic carbocycles. The van der Waals surface area contributed by atoms with Crippen molar-refractivity contribution in [3.8, 4) is 0 Å². The molecule has 0 saturated carbocycles. The van der Waals surface area contributed by atoms with Crippen molar-refractivity contribution in [2.24, 2.45) is 0 Å². The monoisotopic (exact) mass is 402 g/mol. The largest absolute Gasteiger partial charge is 0.460 e. The van der Waals surface area contributed by atoms with E-state index in [9.17, 15) is 13.2 Å². The summed E-state index contributed by atoms with van der Waals surface area (Å²) in [5, 5.41) is 0. The summed E-state index contributed by atoms with van der Waals surface area (Å²) in [7, 11) is -3.76. The molecule has 0 aliphatic rings. The van der Waals surface area contributed by atoms with Gasteiger partial charge in [-0.2, -0.15) is 8.42 Å². The van der Waals surface area contributed by atoms with E-state index in [0.717, 1.165) is 5.56 Å². The second-order valence-corrected chi connectivity index (χ2v) is 8.62. The van der Waals surface area contributed by atoms with Gasteiger partial charge in [-0.15, -0.1) is 0 Å². The van der Waals surface area contributed by atoms with Gasteiger partial charge in [-0.3, -0.25) is 8.98 Å². The zero-order valence-electron chi connectivity index (χ0n) is 16.5. The van der Waals surface area contributed by atoms with Crippen LogP contribution in [0.5, 0.6) is 0 Å². The summed E-state index contributed by atoms with van der Waals surface area (Å²) in [4.78, 5) is 11.6. The number of esters is 1. The SMILES string of the molecule is Cc1ccc(S(=O)(=O)OCCOCCOCCCC(=O)OC(C)(C)C)cc1. The maximum absolute atomic E-state index is 12.0. The number of carbonyl (C=O) groups excluding carboxylic acids is 1. The molecule has 0 atom stereocenters. The first kappa shape index (κ1) is 23.6. The average molecular weight is 403 g/mol. The Morgan fingerprint density at radius 3 is 2.07 bits per heavy atom. The van der Waals surface area contributed by atoms with Crippen molar-refractivity contribution in [3.63, 3.8) is 0 Å². The van der Waals surface area contributed by atoms with Crippen molar-refractivity contribution in [3.05, 3.63) is 29.8 Å². The zero-order chi connectivity index (χ0) is 20.3. The fourth-order valence-corrected chi connectivity index (χ4v) is 2.90. The molecule has 1 aromatic rings. The first-order chi connectivity index (χ1) is 12.6. The topological polar surface area (TPSA) is 88.1 Å². The number of carbonyl (C=O) groups is 1. The molecular weight excluding hydrogens is 372 g/mol. The Labute approximate surface area is 162 Å². The van der Waals surface area contributed by atoms with Crippen LogP contribution in [0.15, 0.2) is 29.2 Å². The van der Waals surface area contributed by atoms with Gasteiger partial charge < -0.3 is 14.2 Å². The third kappa shape index (κ3) is 11.1. The maximum atomic E-state index is 12.0. The highest BCUT2D eigenvalue weighted by atomic mass is 32.2. The van der Waals surface area contributed by atoms with E-state index in [1.807, 2.05) is 27.7 Å². The highest BCUT2D eigenvalue weighted by molar-refractivity contribution is 7.86. The summed E-state index contributed by atoms with van der Waals surface area (Å²) in [5.41, 5.74) is 0.504. The number of rotatable bonds is 12. The second kappa shape index (κ2) is 11.4. The lowest BCUT2D eigenvalue weighted by molar-refractivity contribution is -0.155. The minimum Gasteiger partial charge on any atom is -0.460 e. The van der Waals surface area contributed by atoms with Gasteiger partial charge in [0.2, 0.25) is 0 Å². The Balaban J connectivity index is 2.03. The Hall–Kier alpha value is -1.48. The van der Waals surface area contributed by atoms with Gasteiger partial charge >= 0.3 is 5.97 Å². The van der Waals surface area contributed by atoms with E-state index in [0.29, 0.717) is 32.7 Å². The fourth-order valence-electron chi connectivity index (χ4n) is 2.01. The van der Waals surface area contributed by atoms with Crippen LogP contribution in [0.3, 0.4) is 0 Å². The minimum absolute atomic E-state index is 0.0607. The van der Waals surface area contributed by atoms with Crippen LogP contribution in [-0.4, -0.2) is 53.0 Å². The molecule has 154 valence electrons. The van der Waals surface area contributed by atoms with E-state index in [1.165, 1.54) is 12.1 Å². The molecule has 27 heavy (non-hydrogen) atoms. The summed E-state index contributed by atoms with van der Waals surface area (Å²) in [5.74, 6) is -0.241.